The number of hydrogen-bond donors (Lipinski definition) is 2. The Morgan fingerprint density at radius 3 is 2.45 bits per heavy atom. The minimum Gasteiger partial charge on any atom is -0.506 e. The van der Waals surface area contributed by atoms with Crippen molar-refractivity contribution in [2.45, 2.75) is 33.7 Å². The van der Waals surface area contributed by atoms with Crippen LogP contribution in [0.3, 0.4) is 0 Å². The first-order chi connectivity index (χ1) is 14.6. The van der Waals surface area contributed by atoms with E-state index in [4.69, 9.17) is 23.7 Å². The van der Waals surface area contributed by atoms with Gasteiger partial charge in [-0.1, -0.05) is 0 Å². The predicted molar refractivity (Wildman–Crippen MR) is 101 cm³/mol. The van der Waals surface area contributed by atoms with E-state index in [0.29, 0.717) is 16.9 Å². The Hall–Kier alpha value is -3.79. The van der Waals surface area contributed by atoms with Gasteiger partial charge in [0.1, 0.15) is 35.0 Å². The summed E-state index contributed by atoms with van der Waals surface area (Å²) >= 11 is 0. The quantitative estimate of drug-likeness (QED) is 0.552. The molecule has 0 bridgehead atoms. The second kappa shape index (κ2) is 7.17. The molecule has 162 valence electrons. The van der Waals surface area contributed by atoms with Crippen LogP contribution in [0.1, 0.15) is 56.2 Å². The third-order valence-electron chi connectivity index (χ3n) is 5.11. The van der Waals surface area contributed by atoms with Crippen LogP contribution in [-0.2, 0) is 20.9 Å². The van der Waals surface area contributed by atoms with Gasteiger partial charge in [0, 0.05) is 12.5 Å². The third kappa shape index (κ3) is 3.03. The minimum atomic E-state index is -1.77. The van der Waals surface area contributed by atoms with Gasteiger partial charge in [0.2, 0.25) is 6.29 Å². The van der Waals surface area contributed by atoms with Crippen LogP contribution in [-0.4, -0.2) is 35.2 Å². The van der Waals surface area contributed by atoms with Gasteiger partial charge in [-0.15, -0.1) is 0 Å². The van der Waals surface area contributed by atoms with E-state index in [1.165, 1.54) is 7.11 Å². The Balaban J connectivity index is 2.04. The number of carbonyl (C=O) groups excluding carboxylic acids is 3. The number of esters is 3. The van der Waals surface area contributed by atoms with Gasteiger partial charge in [-0.05, 0) is 25.5 Å². The molecular weight excluding hydrogens is 412 g/mol. The maximum absolute atomic E-state index is 13.0. The molecule has 2 heterocycles. The summed E-state index contributed by atoms with van der Waals surface area (Å²) < 4.78 is 26.6. The van der Waals surface area contributed by atoms with Crippen LogP contribution in [0.25, 0.3) is 0 Å². The lowest BCUT2D eigenvalue weighted by molar-refractivity contribution is -0.142. The number of hydrogen-bond acceptors (Lipinski definition) is 10. The summed E-state index contributed by atoms with van der Waals surface area (Å²) in [4.78, 5) is 36.6. The van der Waals surface area contributed by atoms with Crippen molar-refractivity contribution < 1.29 is 48.3 Å². The Labute approximate surface area is 175 Å². The van der Waals surface area contributed by atoms with Gasteiger partial charge < -0.3 is 33.9 Å². The molecule has 0 fully saturated rings. The van der Waals surface area contributed by atoms with E-state index in [0.717, 1.165) is 6.92 Å². The van der Waals surface area contributed by atoms with Gasteiger partial charge in [0.25, 0.3) is 0 Å². The van der Waals surface area contributed by atoms with Crippen molar-refractivity contribution >= 4 is 17.9 Å². The number of cyclic esters (lactones) is 1. The van der Waals surface area contributed by atoms with Crippen molar-refractivity contribution in [1.29, 1.82) is 0 Å². The van der Waals surface area contributed by atoms with Crippen molar-refractivity contribution in [2.75, 3.05) is 7.11 Å². The molecule has 0 saturated heterocycles. The predicted octanol–water partition coefficient (Wildman–Crippen LogP) is 2.57. The first-order valence-electron chi connectivity index (χ1n) is 9.18. The van der Waals surface area contributed by atoms with Crippen molar-refractivity contribution in [2.24, 2.45) is 0 Å². The van der Waals surface area contributed by atoms with Crippen LogP contribution < -0.4 is 14.2 Å². The highest BCUT2D eigenvalue weighted by atomic mass is 16.6. The highest BCUT2D eigenvalue weighted by Crippen LogP contribution is 2.54. The molecule has 10 nitrogen and oxygen atoms in total. The molecule has 4 rings (SSSR count). The summed E-state index contributed by atoms with van der Waals surface area (Å²) in [7, 11) is 1.46. The molecule has 2 aromatic rings. The number of carbonyl (C=O) groups is 3. The van der Waals surface area contributed by atoms with Crippen LogP contribution in [0, 0.1) is 13.8 Å². The summed E-state index contributed by atoms with van der Waals surface area (Å²) in [6, 6.07) is 1.64. The highest BCUT2D eigenvalue weighted by molar-refractivity contribution is 6.02. The first-order valence-corrected chi connectivity index (χ1v) is 9.18. The number of aliphatic hydroxyl groups excluding tert-OH is 1. The van der Waals surface area contributed by atoms with Crippen LogP contribution in [0.4, 0.5) is 0 Å². The van der Waals surface area contributed by atoms with Crippen LogP contribution in [0.15, 0.2) is 6.07 Å². The number of methoxy groups -OCH3 is 1. The Morgan fingerprint density at radius 2 is 1.81 bits per heavy atom. The fourth-order valence-electron chi connectivity index (χ4n) is 3.63. The standard InChI is InChI=1S/C21H18O10/c1-7-5-11(27-4)8(2)16-12(7)19(24)30-17-10(6-28-9(3)22)15(23)13-14(18(17)29-16)21(26)31-20(13)25/h5,21,23,26H,6H2,1-4H3. The SMILES string of the molecule is COc1cc(C)c2c(c1C)Oc1c(c(COC(C)=O)c(O)c3c1C(O)OC3=O)OC2=O. The van der Waals surface area contributed by atoms with Gasteiger partial charge in [0.05, 0.1) is 18.2 Å². The average Bonchev–Trinajstić information content (AvgIpc) is 2.90. The molecule has 0 aliphatic carbocycles. The van der Waals surface area contributed by atoms with Gasteiger partial charge in [0.15, 0.2) is 11.5 Å². The number of fused-ring (bicyclic) bond motifs is 4. The van der Waals surface area contributed by atoms with E-state index in [1.54, 1.807) is 19.9 Å². The molecule has 0 spiro atoms. The normalized spacial score (nSPS) is 16.2. The lowest BCUT2D eigenvalue weighted by atomic mass is 10.0. The van der Waals surface area contributed by atoms with Gasteiger partial charge >= 0.3 is 17.9 Å². The zero-order valence-electron chi connectivity index (χ0n) is 17.0. The summed E-state index contributed by atoms with van der Waals surface area (Å²) in [5, 5.41) is 21.0. The molecule has 10 heteroatoms. The molecule has 1 unspecified atom stereocenters. The van der Waals surface area contributed by atoms with E-state index in [1.807, 2.05) is 0 Å². The van der Waals surface area contributed by atoms with E-state index >= 15 is 0 Å². The van der Waals surface area contributed by atoms with Crippen molar-refractivity contribution in [3.05, 3.63) is 39.4 Å². The summed E-state index contributed by atoms with van der Waals surface area (Å²) in [6.45, 7) is 3.95. The molecule has 0 saturated carbocycles. The molecule has 2 N–H and O–H groups in total. The molecular formula is C21H18O10. The number of aryl methyl sites for hydroxylation is 1. The van der Waals surface area contributed by atoms with Crippen molar-refractivity contribution in [1.82, 2.24) is 0 Å². The summed E-state index contributed by atoms with van der Waals surface area (Å²) in [5.74, 6) is -3.11. The molecule has 31 heavy (non-hydrogen) atoms. The summed E-state index contributed by atoms with van der Waals surface area (Å²) in [5.41, 5.74) is 0.302. The zero-order valence-corrected chi connectivity index (χ0v) is 17.0. The van der Waals surface area contributed by atoms with Crippen LogP contribution in [0.5, 0.6) is 28.7 Å². The monoisotopic (exact) mass is 430 g/mol. The van der Waals surface area contributed by atoms with Crippen LogP contribution >= 0.6 is 0 Å². The fraction of sp³-hybridized carbons (Fsp3) is 0.286. The number of aliphatic hydroxyl groups is 1. The number of phenolic OH excluding ortho intramolecular Hbond substituents is 1. The molecule has 1 atom stereocenters. The molecule has 2 aromatic carbocycles. The Morgan fingerprint density at radius 1 is 1.10 bits per heavy atom. The van der Waals surface area contributed by atoms with E-state index < -0.39 is 36.6 Å². The third-order valence-corrected chi connectivity index (χ3v) is 5.11. The largest absolute Gasteiger partial charge is 0.506 e. The second-order valence-electron chi connectivity index (χ2n) is 7.03. The van der Waals surface area contributed by atoms with Gasteiger partial charge in [-0.25, -0.2) is 9.59 Å². The molecule has 0 aromatic heterocycles. The number of ether oxygens (including phenoxy) is 5. The number of benzene rings is 2. The fourth-order valence-corrected chi connectivity index (χ4v) is 3.63. The topological polar surface area (TPSA) is 138 Å². The molecule has 2 aliphatic rings. The van der Waals surface area contributed by atoms with Crippen LogP contribution in [0.2, 0.25) is 0 Å². The number of rotatable bonds is 3. The zero-order chi connectivity index (χ0) is 22.6. The lowest BCUT2D eigenvalue weighted by Gasteiger charge is -2.18. The maximum atomic E-state index is 13.0. The van der Waals surface area contributed by atoms with Gasteiger partial charge in [-0.2, -0.15) is 0 Å². The second-order valence-corrected chi connectivity index (χ2v) is 7.03. The van der Waals surface area contributed by atoms with Crippen molar-refractivity contribution in [3.63, 3.8) is 0 Å². The van der Waals surface area contributed by atoms with E-state index in [-0.39, 0.29) is 39.5 Å². The number of aromatic hydroxyl groups is 1. The summed E-state index contributed by atoms with van der Waals surface area (Å²) in [6.07, 6.45) is -1.77. The van der Waals surface area contributed by atoms with E-state index in [9.17, 15) is 24.6 Å². The van der Waals surface area contributed by atoms with E-state index in [2.05, 4.69) is 0 Å². The molecule has 2 aliphatic heterocycles. The number of phenols is 1. The lowest BCUT2D eigenvalue weighted by Crippen LogP contribution is -2.12. The Kier molecular flexibility index (Phi) is 4.74. The first kappa shape index (κ1) is 20.5. The smallest absolute Gasteiger partial charge is 0.347 e. The highest BCUT2D eigenvalue weighted by Gasteiger charge is 2.43. The van der Waals surface area contributed by atoms with Gasteiger partial charge in [-0.3, -0.25) is 4.79 Å². The van der Waals surface area contributed by atoms with Crippen molar-refractivity contribution in [3.8, 4) is 28.7 Å². The average molecular weight is 430 g/mol. The minimum absolute atomic E-state index is 0.0958. The molecule has 0 radical (unpaired) electrons. The maximum Gasteiger partial charge on any atom is 0.347 e. The molecule has 0 amide bonds. The Bertz CT molecular complexity index is 1160.